The summed E-state index contributed by atoms with van der Waals surface area (Å²) in [7, 11) is 1.34. The van der Waals surface area contributed by atoms with Crippen LogP contribution in [-0.4, -0.2) is 24.0 Å². The Balaban J connectivity index is 2.67. The molecule has 2 unspecified atom stereocenters. The molecule has 0 saturated heterocycles. The van der Waals surface area contributed by atoms with E-state index in [9.17, 15) is 14.9 Å². The first-order chi connectivity index (χ1) is 8.97. The van der Waals surface area contributed by atoms with Gasteiger partial charge in [0.25, 0.3) is 5.69 Å². The number of hydrogen-bond donors (Lipinski definition) is 1. The maximum Gasteiger partial charge on any atom is 0.309 e. The van der Waals surface area contributed by atoms with Gasteiger partial charge in [-0.1, -0.05) is 25.1 Å². The van der Waals surface area contributed by atoms with E-state index in [1.807, 2.05) is 6.92 Å². The number of esters is 1. The number of carbonyl (C=O) groups excluding carboxylic acids is 1. The Kier molecular flexibility index (Phi) is 5.44. The van der Waals surface area contributed by atoms with Gasteiger partial charge in [0, 0.05) is 24.2 Å². The maximum absolute atomic E-state index is 11.4. The number of carbonyl (C=O) groups is 1. The van der Waals surface area contributed by atoms with Crippen LogP contribution in [-0.2, 0) is 16.1 Å². The van der Waals surface area contributed by atoms with Crippen molar-refractivity contribution in [2.45, 2.75) is 26.4 Å². The molecule has 0 fully saturated rings. The highest BCUT2D eigenvalue weighted by Crippen LogP contribution is 2.17. The minimum atomic E-state index is -0.411. The molecule has 0 saturated carbocycles. The maximum atomic E-state index is 11.4. The summed E-state index contributed by atoms with van der Waals surface area (Å²) in [5.74, 6) is -0.615. The van der Waals surface area contributed by atoms with E-state index >= 15 is 0 Å². The quantitative estimate of drug-likeness (QED) is 0.483. The molecule has 0 radical (unpaired) electrons. The van der Waals surface area contributed by atoms with Crippen molar-refractivity contribution in [1.29, 1.82) is 0 Å². The van der Waals surface area contributed by atoms with E-state index in [1.54, 1.807) is 25.1 Å². The van der Waals surface area contributed by atoms with Gasteiger partial charge in [0.1, 0.15) is 0 Å². The van der Waals surface area contributed by atoms with Gasteiger partial charge in [-0.3, -0.25) is 14.9 Å². The molecule has 0 spiro atoms. The van der Waals surface area contributed by atoms with Crippen LogP contribution in [0, 0.1) is 16.0 Å². The first-order valence-corrected chi connectivity index (χ1v) is 6.01. The van der Waals surface area contributed by atoms with Crippen molar-refractivity contribution in [3.8, 4) is 0 Å². The van der Waals surface area contributed by atoms with Crippen LogP contribution in [0.4, 0.5) is 5.69 Å². The summed E-state index contributed by atoms with van der Waals surface area (Å²) in [5.41, 5.74) is 0.671. The SMILES string of the molecule is COC(=O)C(C)C(C)NCc1ccccc1[N+](=O)[O-]. The lowest BCUT2D eigenvalue weighted by Crippen LogP contribution is -2.36. The first-order valence-electron chi connectivity index (χ1n) is 6.01. The number of nitro benzene ring substituents is 1. The van der Waals surface area contributed by atoms with Crippen molar-refractivity contribution in [2.75, 3.05) is 7.11 Å². The monoisotopic (exact) mass is 266 g/mol. The standard InChI is InChI=1S/C13H18N2O4/c1-9(13(16)19-3)10(2)14-8-11-6-4-5-7-12(11)15(17)18/h4-7,9-10,14H,8H2,1-3H3. The Morgan fingerprint density at radius 1 is 1.42 bits per heavy atom. The molecule has 0 aliphatic carbocycles. The van der Waals surface area contributed by atoms with Gasteiger partial charge in [-0.05, 0) is 6.92 Å². The normalized spacial score (nSPS) is 13.6. The molecule has 0 heterocycles. The third kappa shape index (κ3) is 4.03. The molecular weight excluding hydrogens is 248 g/mol. The first kappa shape index (κ1) is 15.1. The summed E-state index contributed by atoms with van der Waals surface area (Å²) in [4.78, 5) is 21.8. The number of para-hydroxylation sites is 1. The zero-order chi connectivity index (χ0) is 14.4. The highest BCUT2D eigenvalue weighted by atomic mass is 16.6. The number of rotatable bonds is 6. The van der Waals surface area contributed by atoms with Crippen molar-refractivity contribution in [2.24, 2.45) is 5.92 Å². The van der Waals surface area contributed by atoms with Gasteiger partial charge in [-0.15, -0.1) is 0 Å². The van der Waals surface area contributed by atoms with Gasteiger partial charge < -0.3 is 10.1 Å². The van der Waals surface area contributed by atoms with E-state index in [0.717, 1.165) is 0 Å². The van der Waals surface area contributed by atoms with Crippen molar-refractivity contribution >= 4 is 11.7 Å². The highest BCUT2D eigenvalue weighted by Gasteiger charge is 2.21. The fraction of sp³-hybridized carbons (Fsp3) is 0.462. The average Bonchev–Trinajstić information content (AvgIpc) is 2.43. The smallest absolute Gasteiger partial charge is 0.309 e. The minimum Gasteiger partial charge on any atom is -0.469 e. The van der Waals surface area contributed by atoms with Crippen LogP contribution in [0.2, 0.25) is 0 Å². The van der Waals surface area contributed by atoms with Gasteiger partial charge in [0.2, 0.25) is 0 Å². The van der Waals surface area contributed by atoms with Crippen LogP contribution in [0.1, 0.15) is 19.4 Å². The van der Waals surface area contributed by atoms with Crippen molar-refractivity contribution in [3.05, 3.63) is 39.9 Å². The van der Waals surface area contributed by atoms with Crippen molar-refractivity contribution in [1.82, 2.24) is 5.32 Å². The second-order valence-electron chi connectivity index (χ2n) is 4.37. The van der Waals surface area contributed by atoms with Crippen LogP contribution in [0.3, 0.4) is 0 Å². The number of methoxy groups -OCH3 is 1. The average molecular weight is 266 g/mol. The van der Waals surface area contributed by atoms with Gasteiger partial charge in [0.15, 0.2) is 0 Å². The predicted molar refractivity (Wildman–Crippen MR) is 70.6 cm³/mol. The van der Waals surface area contributed by atoms with Gasteiger partial charge in [-0.2, -0.15) is 0 Å². The Bertz CT molecular complexity index is 462. The summed E-state index contributed by atoms with van der Waals surface area (Å²) < 4.78 is 4.66. The van der Waals surface area contributed by atoms with Crippen molar-refractivity contribution < 1.29 is 14.5 Å². The fourth-order valence-corrected chi connectivity index (χ4v) is 1.68. The number of nitrogens with zero attached hydrogens (tertiary/aromatic N) is 1. The lowest BCUT2D eigenvalue weighted by atomic mass is 10.0. The van der Waals surface area contributed by atoms with Crippen LogP contribution < -0.4 is 5.32 Å². The molecular formula is C13H18N2O4. The van der Waals surface area contributed by atoms with Gasteiger partial charge in [-0.25, -0.2) is 0 Å². The summed E-state index contributed by atoms with van der Waals surface area (Å²) in [6.45, 7) is 3.93. The summed E-state index contributed by atoms with van der Waals surface area (Å²) in [5, 5.41) is 14.0. The largest absolute Gasteiger partial charge is 0.469 e. The lowest BCUT2D eigenvalue weighted by Gasteiger charge is -2.19. The molecule has 6 nitrogen and oxygen atoms in total. The van der Waals surface area contributed by atoms with Crippen LogP contribution in [0.15, 0.2) is 24.3 Å². The van der Waals surface area contributed by atoms with Crippen LogP contribution >= 0.6 is 0 Å². The Morgan fingerprint density at radius 3 is 2.63 bits per heavy atom. The van der Waals surface area contributed by atoms with Crippen LogP contribution in [0.25, 0.3) is 0 Å². The van der Waals surface area contributed by atoms with E-state index in [1.165, 1.54) is 13.2 Å². The summed E-state index contributed by atoms with van der Waals surface area (Å²) in [6, 6.07) is 6.40. The third-order valence-corrected chi connectivity index (χ3v) is 3.13. The summed E-state index contributed by atoms with van der Waals surface area (Å²) in [6.07, 6.45) is 0. The van der Waals surface area contributed by atoms with E-state index < -0.39 is 4.92 Å². The topological polar surface area (TPSA) is 81.5 Å². The number of hydrogen-bond acceptors (Lipinski definition) is 5. The number of benzene rings is 1. The van der Waals surface area contributed by atoms with Gasteiger partial charge >= 0.3 is 5.97 Å². The molecule has 1 rings (SSSR count). The summed E-state index contributed by atoms with van der Waals surface area (Å²) >= 11 is 0. The molecule has 0 amide bonds. The van der Waals surface area contributed by atoms with Gasteiger partial charge in [0.05, 0.1) is 18.0 Å². The molecule has 1 aromatic carbocycles. The molecule has 6 heteroatoms. The van der Waals surface area contributed by atoms with E-state index in [4.69, 9.17) is 0 Å². The molecule has 0 aromatic heterocycles. The predicted octanol–water partition coefficient (Wildman–Crippen LogP) is 1.88. The molecule has 2 atom stereocenters. The second kappa shape index (κ2) is 6.84. The molecule has 0 aliphatic heterocycles. The lowest BCUT2D eigenvalue weighted by molar-refractivity contribution is -0.385. The minimum absolute atomic E-state index is 0.0768. The van der Waals surface area contributed by atoms with E-state index in [-0.39, 0.29) is 23.6 Å². The Labute approximate surface area is 111 Å². The zero-order valence-corrected chi connectivity index (χ0v) is 11.3. The number of ether oxygens (including phenoxy) is 1. The highest BCUT2D eigenvalue weighted by molar-refractivity contribution is 5.72. The number of nitrogens with one attached hydrogen (secondary N) is 1. The van der Waals surface area contributed by atoms with Crippen molar-refractivity contribution in [3.63, 3.8) is 0 Å². The second-order valence-corrected chi connectivity index (χ2v) is 4.37. The molecule has 19 heavy (non-hydrogen) atoms. The number of nitro groups is 1. The molecule has 0 aliphatic rings. The van der Waals surface area contributed by atoms with E-state index in [0.29, 0.717) is 12.1 Å². The van der Waals surface area contributed by atoms with E-state index in [2.05, 4.69) is 10.1 Å². The van der Waals surface area contributed by atoms with Crippen LogP contribution in [0.5, 0.6) is 0 Å². The molecule has 104 valence electrons. The molecule has 1 aromatic rings. The molecule has 0 bridgehead atoms. The Morgan fingerprint density at radius 2 is 2.05 bits per heavy atom. The zero-order valence-electron chi connectivity index (χ0n) is 11.3. The molecule has 1 N–H and O–H groups in total. The Hall–Kier alpha value is -1.95. The third-order valence-electron chi connectivity index (χ3n) is 3.13. The fourth-order valence-electron chi connectivity index (χ4n) is 1.68.